The molecule has 0 bridgehead atoms. The molecule has 3 aromatic rings. The molecule has 1 heteroatoms. The first-order chi connectivity index (χ1) is 12.1. The fourth-order valence-corrected chi connectivity index (χ4v) is 3.95. The highest BCUT2D eigenvalue weighted by molar-refractivity contribution is 5.83. The fourth-order valence-electron chi connectivity index (χ4n) is 3.95. The summed E-state index contributed by atoms with van der Waals surface area (Å²) in [6.45, 7) is 15.8. The monoisotopic (exact) mass is 346 g/mol. The molecule has 26 heavy (non-hydrogen) atoms. The molecule has 1 nitrogen and oxygen atoms in total. The van der Waals surface area contributed by atoms with Crippen LogP contribution in [0.2, 0.25) is 0 Å². The lowest BCUT2D eigenvalue weighted by Crippen LogP contribution is -2.33. The molecule has 0 fully saturated rings. The van der Waals surface area contributed by atoms with Crippen LogP contribution < -0.4 is 4.57 Å². The van der Waals surface area contributed by atoms with Gasteiger partial charge in [0.15, 0.2) is 0 Å². The second kappa shape index (κ2) is 6.54. The van der Waals surface area contributed by atoms with Gasteiger partial charge in [0.2, 0.25) is 11.2 Å². The van der Waals surface area contributed by atoms with E-state index in [1.165, 1.54) is 50.0 Å². The molecular formula is C25H32N+. The summed E-state index contributed by atoms with van der Waals surface area (Å²) >= 11 is 0. The average molecular weight is 347 g/mol. The molecule has 0 spiro atoms. The minimum atomic E-state index is 0.255. The molecule has 0 aliphatic carbocycles. The van der Waals surface area contributed by atoms with Crippen LogP contribution in [0.15, 0.2) is 36.4 Å². The summed E-state index contributed by atoms with van der Waals surface area (Å²) in [6, 6.07) is 13.9. The van der Waals surface area contributed by atoms with Gasteiger partial charge in [0, 0.05) is 23.1 Å². The SMILES string of the molecule is Cc1cc(C)c(C)c(-c2cc(CC(C)(C)C)c3cc(C)ccc3[n+]2C)c1. The summed E-state index contributed by atoms with van der Waals surface area (Å²) in [4.78, 5) is 0. The molecule has 2 aromatic carbocycles. The summed E-state index contributed by atoms with van der Waals surface area (Å²) in [6.07, 6.45) is 1.07. The number of aromatic nitrogens is 1. The molecule has 0 atom stereocenters. The second-order valence-corrected chi connectivity index (χ2v) is 9.13. The Kier molecular flexibility index (Phi) is 4.69. The molecule has 0 saturated heterocycles. The highest BCUT2D eigenvalue weighted by atomic mass is 14.9. The minimum Gasteiger partial charge on any atom is -0.194 e. The van der Waals surface area contributed by atoms with E-state index in [1.54, 1.807) is 0 Å². The molecule has 136 valence electrons. The van der Waals surface area contributed by atoms with Crippen LogP contribution in [0.4, 0.5) is 0 Å². The van der Waals surface area contributed by atoms with Gasteiger partial charge >= 0.3 is 0 Å². The summed E-state index contributed by atoms with van der Waals surface area (Å²) in [5.74, 6) is 0. The maximum absolute atomic E-state index is 2.42. The van der Waals surface area contributed by atoms with Gasteiger partial charge < -0.3 is 0 Å². The quantitative estimate of drug-likeness (QED) is 0.490. The van der Waals surface area contributed by atoms with E-state index >= 15 is 0 Å². The molecule has 0 aliphatic rings. The molecule has 0 aliphatic heterocycles. The summed E-state index contributed by atoms with van der Waals surface area (Å²) in [5.41, 5.74) is 11.1. The molecule has 1 aromatic heterocycles. The van der Waals surface area contributed by atoms with Crippen LogP contribution >= 0.6 is 0 Å². The lowest BCUT2D eigenvalue weighted by Gasteiger charge is -2.20. The van der Waals surface area contributed by atoms with Crippen LogP contribution in [-0.4, -0.2) is 0 Å². The molecule has 0 amide bonds. The Morgan fingerprint density at radius 1 is 0.846 bits per heavy atom. The van der Waals surface area contributed by atoms with Crippen LogP contribution in [0.5, 0.6) is 0 Å². The van der Waals surface area contributed by atoms with E-state index < -0.39 is 0 Å². The van der Waals surface area contributed by atoms with Gasteiger partial charge in [-0.2, -0.15) is 4.57 Å². The minimum absolute atomic E-state index is 0.255. The summed E-state index contributed by atoms with van der Waals surface area (Å²) in [5, 5.41) is 1.38. The number of nitrogens with zero attached hydrogens (tertiary/aromatic N) is 1. The van der Waals surface area contributed by atoms with Crippen LogP contribution in [0.1, 0.15) is 48.6 Å². The zero-order valence-electron chi connectivity index (χ0n) is 17.6. The molecule has 0 saturated carbocycles. The standard InChI is InChI=1S/C25H32N/c1-16-9-10-23-22(12-16)20(15-25(5,6)7)14-24(26(23)8)21-13-17(2)11-18(3)19(21)4/h9-14H,15H2,1-8H3/q+1. The zero-order valence-corrected chi connectivity index (χ0v) is 17.6. The normalized spacial score (nSPS) is 12.0. The van der Waals surface area contributed by atoms with Gasteiger partial charge in [0.1, 0.15) is 7.05 Å². The molecule has 1 heterocycles. The van der Waals surface area contributed by atoms with Crippen molar-refractivity contribution in [1.29, 1.82) is 0 Å². The third kappa shape index (κ3) is 3.53. The zero-order chi connectivity index (χ0) is 19.2. The van der Waals surface area contributed by atoms with Gasteiger partial charge in [0.05, 0.1) is 0 Å². The lowest BCUT2D eigenvalue weighted by atomic mass is 9.85. The van der Waals surface area contributed by atoms with Gasteiger partial charge in [-0.3, -0.25) is 0 Å². The van der Waals surface area contributed by atoms with Crippen LogP contribution in [-0.2, 0) is 13.5 Å². The third-order valence-corrected chi connectivity index (χ3v) is 5.34. The lowest BCUT2D eigenvalue weighted by molar-refractivity contribution is -0.633. The first-order valence-electron chi connectivity index (χ1n) is 9.57. The summed E-state index contributed by atoms with van der Waals surface area (Å²) < 4.78 is 2.36. The maximum Gasteiger partial charge on any atom is 0.213 e. The molecule has 3 rings (SSSR count). The van der Waals surface area contributed by atoms with Gasteiger partial charge in [-0.15, -0.1) is 0 Å². The van der Waals surface area contributed by atoms with E-state index in [9.17, 15) is 0 Å². The Balaban J connectivity index is 2.37. The third-order valence-electron chi connectivity index (χ3n) is 5.34. The summed E-state index contributed by atoms with van der Waals surface area (Å²) in [7, 11) is 2.20. The van der Waals surface area contributed by atoms with Crippen molar-refractivity contribution >= 4 is 10.9 Å². The number of aryl methyl sites for hydroxylation is 4. The Morgan fingerprint density at radius 2 is 1.54 bits per heavy atom. The van der Waals surface area contributed by atoms with Crippen LogP contribution in [0.3, 0.4) is 0 Å². The van der Waals surface area contributed by atoms with E-state index in [1.807, 2.05) is 0 Å². The molecule has 0 unspecified atom stereocenters. The van der Waals surface area contributed by atoms with Crippen molar-refractivity contribution in [3.8, 4) is 11.3 Å². The molecule has 0 N–H and O–H groups in total. The van der Waals surface area contributed by atoms with Gasteiger partial charge in [-0.25, -0.2) is 0 Å². The number of rotatable bonds is 2. The van der Waals surface area contributed by atoms with Crippen LogP contribution in [0.25, 0.3) is 22.2 Å². The van der Waals surface area contributed by atoms with Crippen molar-refractivity contribution in [2.75, 3.05) is 0 Å². The fraction of sp³-hybridized carbons (Fsp3) is 0.400. The number of pyridine rings is 1. The van der Waals surface area contributed by atoms with Crippen molar-refractivity contribution in [3.63, 3.8) is 0 Å². The second-order valence-electron chi connectivity index (χ2n) is 9.13. The highest BCUT2D eigenvalue weighted by Crippen LogP contribution is 2.31. The Bertz CT molecular complexity index is 987. The maximum atomic E-state index is 2.42. The Labute approximate surface area is 158 Å². The van der Waals surface area contributed by atoms with E-state index in [0.29, 0.717) is 0 Å². The first kappa shape index (κ1) is 18.6. The van der Waals surface area contributed by atoms with Crippen molar-refractivity contribution in [2.45, 2.75) is 54.9 Å². The molecule has 0 radical (unpaired) electrons. The van der Waals surface area contributed by atoms with Crippen molar-refractivity contribution < 1.29 is 4.57 Å². The topological polar surface area (TPSA) is 3.88 Å². The van der Waals surface area contributed by atoms with E-state index in [-0.39, 0.29) is 5.41 Å². The van der Waals surface area contributed by atoms with Crippen molar-refractivity contribution in [3.05, 3.63) is 64.2 Å². The van der Waals surface area contributed by atoms with Crippen LogP contribution in [0, 0.1) is 33.1 Å². The predicted octanol–water partition coefficient (Wildman–Crippen LogP) is 6.15. The van der Waals surface area contributed by atoms with E-state index in [2.05, 4.69) is 96.5 Å². The largest absolute Gasteiger partial charge is 0.213 e. The van der Waals surface area contributed by atoms with Crippen molar-refractivity contribution in [1.82, 2.24) is 0 Å². The molecular weight excluding hydrogens is 314 g/mol. The van der Waals surface area contributed by atoms with Crippen molar-refractivity contribution in [2.24, 2.45) is 12.5 Å². The Morgan fingerprint density at radius 3 is 2.19 bits per heavy atom. The smallest absolute Gasteiger partial charge is 0.194 e. The number of hydrogen-bond donors (Lipinski definition) is 0. The highest BCUT2D eigenvalue weighted by Gasteiger charge is 2.23. The number of hydrogen-bond acceptors (Lipinski definition) is 0. The number of benzene rings is 2. The van der Waals surface area contributed by atoms with Gasteiger partial charge in [0.25, 0.3) is 0 Å². The average Bonchev–Trinajstić information content (AvgIpc) is 2.52. The van der Waals surface area contributed by atoms with E-state index in [4.69, 9.17) is 0 Å². The van der Waals surface area contributed by atoms with Gasteiger partial charge in [-0.1, -0.05) is 44.0 Å². The first-order valence-corrected chi connectivity index (χ1v) is 9.57. The predicted molar refractivity (Wildman–Crippen MR) is 113 cm³/mol. The van der Waals surface area contributed by atoms with E-state index in [0.717, 1.165) is 6.42 Å². The number of fused-ring (bicyclic) bond motifs is 1. The Hall–Kier alpha value is -2.15. The van der Waals surface area contributed by atoms with Gasteiger partial charge in [-0.05, 0) is 68.4 Å².